The number of nitrogens with zero attached hydrogens (tertiary/aromatic N) is 4. The molecule has 5 rings (SSSR count). The van der Waals surface area contributed by atoms with E-state index in [2.05, 4.69) is 32.4 Å². The molecule has 41 heavy (non-hydrogen) atoms. The third-order valence-corrected chi connectivity index (χ3v) is 7.73. The maximum atomic E-state index is 16.1. The van der Waals surface area contributed by atoms with Crippen molar-refractivity contribution in [1.29, 1.82) is 5.26 Å². The molecule has 14 heteroatoms. The highest BCUT2D eigenvalue weighted by atomic mass is 79.9. The molecule has 212 valence electrons. The zero-order chi connectivity index (χ0) is 29.9. The lowest BCUT2D eigenvalue weighted by Gasteiger charge is -2.29. The molecule has 0 spiro atoms. The van der Waals surface area contributed by atoms with Gasteiger partial charge < -0.3 is 9.88 Å². The summed E-state index contributed by atoms with van der Waals surface area (Å²) in [5.41, 5.74) is -6.40. The average molecular weight is 657 g/mol. The molecule has 0 bridgehead atoms. The molecule has 0 radical (unpaired) electrons. The quantitative estimate of drug-likeness (QED) is 0.225. The van der Waals surface area contributed by atoms with Gasteiger partial charge in [0.15, 0.2) is 0 Å². The molecular formula is C27H17BrClF6N5O. The summed E-state index contributed by atoms with van der Waals surface area (Å²) in [5, 5.41) is 16.3. The minimum atomic E-state index is -5.59. The number of carbonyl (C=O) groups is 1. The number of nitriles is 1. The molecule has 1 atom stereocenters. The number of alkyl halides is 4. The second-order valence-electron chi connectivity index (χ2n) is 9.59. The molecule has 1 amide bonds. The topological polar surface area (TPSA) is 75.6 Å². The molecule has 2 aromatic carbocycles. The van der Waals surface area contributed by atoms with Gasteiger partial charge in [-0.2, -0.15) is 23.5 Å². The van der Waals surface area contributed by atoms with Gasteiger partial charge in [0.1, 0.15) is 23.0 Å². The Morgan fingerprint density at radius 1 is 1.10 bits per heavy atom. The van der Waals surface area contributed by atoms with E-state index in [-0.39, 0.29) is 20.9 Å². The largest absolute Gasteiger partial charge is 0.432 e. The summed E-state index contributed by atoms with van der Waals surface area (Å²) in [7, 11) is 1.15. The van der Waals surface area contributed by atoms with Crippen LogP contribution in [0.4, 0.5) is 26.3 Å². The van der Waals surface area contributed by atoms with Gasteiger partial charge in [-0.3, -0.25) is 4.79 Å². The molecule has 1 saturated carbocycles. The number of halogens is 8. The van der Waals surface area contributed by atoms with Crippen LogP contribution in [0.25, 0.3) is 16.9 Å². The zero-order valence-electron chi connectivity index (χ0n) is 20.8. The molecule has 1 fully saturated rings. The number of carbonyl (C=O) groups excluding carboxylic acids is 1. The summed E-state index contributed by atoms with van der Waals surface area (Å²) in [5.74, 6) is -3.30. The Morgan fingerprint density at radius 3 is 2.34 bits per heavy atom. The van der Waals surface area contributed by atoms with E-state index < -0.39 is 46.2 Å². The Balaban J connectivity index is 1.54. The summed E-state index contributed by atoms with van der Waals surface area (Å²) >= 11 is 9.37. The van der Waals surface area contributed by atoms with Gasteiger partial charge in [0.05, 0.1) is 33.0 Å². The van der Waals surface area contributed by atoms with Gasteiger partial charge in [-0.15, -0.1) is 0 Å². The number of rotatable bonds is 6. The number of aromatic nitrogens is 3. The highest BCUT2D eigenvalue weighted by molar-refractivity contribution is 9.10. The Labute approximate surface area is 242 Å². The van der Waals surface area contributed by atoms with Crippen LogP contribution < -0.4 is 5.32 Å². The Bertz CT molecular complexity index is 1720. The van der Waals surface area contributed by atoms with Crippen LogP contribution in [0.5, 0.6) is 0 Å². The van der Waals surface area contributed by atoms with Crippen molar-refractivity contribution in [2.24, 2.45) is 7.05 Å². The van der Waals surface area contributed by atoms with Gasteiger partial charge in [-0.05, 0) is 64.7 Å². The summed E-state index contributed by atoms with van der Waals surface area (Å²) in [6.45, 7) is 0. The average Bonchev–Trinajstić information content (AvgIpc) is 3.38. The fourth-order valence-electron chi connectivity index (χ4n) is 4.50. The fourth-order valence-corrected chi connectivity index (χ4v) is 5.37. The molecular weight excluding hydrogens is 640 g/mol. The van der Waals surface area contributed by atoms with Crippen molar-refractivity contribution >= 4 is 33.4 Å². The van der Waals surface area contributed by atoms with E-state index in [9.17, 15) is 32.0 Å². The standard InChI is InChI=1S/C27H17BrClF6N5O/c1-39-22(26(32,27(33,34)35)16-7-17(30)9-18(31)8-16)10-20(28)24(39)40-12-15(11-37-40)14-2-3-21(29)19(6-14)23(41)38-25(13-36)4-5-25/h2-3,6-12H,4-5H2,1H3,(H,38,41). The second-order valence-corrected chi connectivity index (χ2v) is 10.9. The SMILES string of the molecule is Cn1c(C(F)(c2cc(F)cc(F)c2)C(F)(F)F)cc(Br)c1-n1cc(-c2ccc(Cl)c(C(=O)NC3(C#N)CC3)c2)cn1. The number of amides is 1. The molecule has 0 aliphatic heterocycles. The molecule has 0 saturated heterocycles. The third-order valence-electron chi connectivity index (χ3n) is 6.82. The normalized spacial score (nSPS) is 15.7. The first-order valence-corrected chi connectivity index (χ1v) is 13.0. The summed E-state index contributed by atoms with van der Waals surface area (Å²) < 4.78 is 88.4. The highest BCUT2D eigenvalue weighted by Crippen LogP contribution is 2.49. The van der Waals surface area contributed by atoms with E-state index in [0.717, 1.165) is 17.7 Å². The van der Waals surface area contributed by atoms with E-state index in [4.69, 9.17) is 11.6 Å². The summed E-state index contributed by atoms with van der Waals surface area (Å²) in [6, 6.07) is 8.40. The van der Waals surface area contributed by atoms with E-state index >= 15 is 4.39 Å². The van der Waals surface area contributed by atoms with Gasteiger partial charge in [0.25, 0.3) is 11.6 Å². The van der Waals surface area contributed by atoms with Gasteiger partial charge in [-0.25, -0.2) is 17.9 Å². The van der Waals surface area contributed by atoms with Crippen molar-refractivity contribution in [1.82, 2.24) is 19.7 Å². The van der Waals surface area contributed by atoms with Crippen molar-refractivity contribution in [3.05, 3.63) is 92.8 Å². The summed E-state index contributed by atoms with van der Waals surface area (Å²) in [4.78, 5) is 12.8. The van der Waals surface area contributed by atoms with E-state index in [0.29, 0.717) is 42.2 Å². The first-order valence-electron chi connectivity index (χ1n) is 11.9. The van der Waals surface area contributed by atoms with Gasteiger partial charge in [0.2, 0.25) is 0 Å². The van der Waals surface area contributed by atoms with Crippen LogP contribution in [0.1, 0.15) is 34.5 Å². The Morgan fingerprint density at radius 2 is 1.76 bits per heavy atom. The van der Waals surface area contributed by atoms with Crippen molar-refractivity contribution in [2.75, 3.05) is 0 Å². The smallest absolute Gasteiger partial charge is 0.334 e. The van der Waals surface area contributed by atoms with Crippen LogP contribution in [0.3, 0.4) is 0 Å². The molecule has 6 nitrogen and oxygen atoms in total. The maximum absolute atomic E-state index is 16.1. The number of hydrogen-bond acceptors (Lipinski definition) is 3. The van der Waals surface area contributed by atoms with Crippen molar-refractivity contribution in [3.63, 3.8) is 0 Å². The minimum absolute atomic E-state index is 0.00945. The zero-order valence-corrected chi connectivity index (χ0v) is 23.2. The van der Waals surface area contributed by atoms with Crippen molar-refractivity contribution < 1.29 is 31.1 Å². The highest BCUT2D eigenvalue weighted by Gasteiger charge is 2.60. The third kappa shape index (κ3) is 4.99. The maximum Gasteiger partial charge on any atom is 0.432 e. The van der Waals surface area contributed by atoms with Crippen LogP contribution in [0.15, 0.2) is 59.3 Å². The van der Waals surface area contributed by atoms with E-state index in [1.807, 2.05) is 0 Å². The number of benzene rings is 2. The molecule has 1 N–H and O–H groups in total. The molecule has 1 aliphatic carbocycles. The summed E-state index contributed by atoms with van der Waals surface area (Å²) in [6.07, 6.45) is -1.74. The fraction of sp³-hybridized carbons (Fsp3) is 0.222. The molecule has 2 heterocycles. The van der Waals surface area contributed by atoms with Crippen LogP contribution in [-0.2, 0) is 12.7 Å². The van der Waals surface area contributed by atoms with Crippen LogP contribution in [0, 0.1) is 23.0 Å². The lowest BCUT2D eigenvalue weighted by molar-refractivity contribution is -0.221. The lowest BCUT2D eigenvalue weighted by atomic mass is 9.91. The number of hydrogen-bond donors (Lipinski definition) is 1. The monoisotopic (exact) mass is 655 g/mol. The minimum Gasteiger partial charge on any atom is -0.334 e. The van der Waals surface area contributed by atoms with E-state index in [1.54, 1.807) is 6.07 Å². The Kier molecular flexibility index (Phi) is 6.98. The van der Waals surface area contributed by atoms with Crippen LogP contribution in [0.2, 0.25) is 5.02 Å². The van der Waals surface area contributed by atoms with Gasteiger partial charge >= 0.3 is 6.18 Å². The lowest BCUT2D eigenvalue weighted by Crippen LogP contribution is -2.41. The van der Waals surface area contributed by atoms with Crippen LogP contribution >= 0.6 is 27.5 Å². The molecule has 2 aromatic heterocycles. The predicted octanol–water partition coefficient (Wildman–Crippen LogP) is 7.13. The molecule has 1 aliphatic rings. The first-order chi connectivity index (χ1) is 19.2. The Hall–Kier alpha value is -3.76. The van der Waals surface area contributed by atoms with Gasteiger partial charge in [0, 0.05) is 30.4 Å². The molecule has 4 aromatic rings. The molecule has 1 unspecified atom stereocenters. The first kappa shape index (κ1) is 28.8. The van der Waals surface area contributed by atoms with E-state index in [1.165, 1.54) is 29.2 Å². The predicted molar refractivity (Wildman–Crippen MR) is 140 cm³/mol. The van der Waals surface area contributed by atoms with Crippen molar-refractivity contribution in [2.45, 2.75) is 30.2 Å². The van der Waals surface area contributed by atoms with Crippen LogP contribution in [-0.4, -0.2) is 32.0 Å². The second kappa shape index (κ2) is 9.95. The van der Waals surface area contributed by atoms with Crippen molar-refractivity contribution in [3.8, 4) is 23.0 Å². The number of nitrogens with one attached hydrogen (secondary N) is 1. The van der Waals surface area contributed by atoms with Gasteiger partial charge in [-0.1, -0.05) is 17.7 Å².